The number of anilines is 1. The summed E-state index contributed by atoms with van der Waals surface area (Å²) in [6.45, 7) is 9.12. The normalized spacial score (nSPS) is 16.0. The number of nitrogens with zero attached hydrogens (tertiary/aromatic N) is 2. The molecule has 0 aromatic heterocycles. The highest BCUT2D eigenvalue weighted by molar-refractivity contribution is 5.82. The summed E-state index contributed by atoms with van der Waals surface area (Å²) in [6, 6.07) is 25.1. The average Bonchev–Trinajstić information content (AvgIpc) is 2.90. The van der Waals surface area contributed by atoms with Crippen LogP contribution in [0.2, 0.25) is 0 Å². The van der Waals surface area contributed by atoms with Gasteiger partial charge in [-0.25, -0.2) is 4.39 Å². The Morgan fingerprint density at radius 3 is 2.31 bits per heavy atom. The first-order valence-corrected chi connectivity index (χ1v) is 12.6. The molecule has 0 spiro atoms. The Morgan fingerprint density at radius 2 is 1.63 bits per heavy atom. The molecule has 3 aromatic carbocycles. The number of hydrogen-bond donors (Lipinski definition) is 0. The molecule has 5 heteroatoms. The highest BCUT2D eigenvalue weighted by Gasteiger charge is 2.36. The van der Waals surface area contributed by atoms with E-state index in [-0.39, 0.29) is 11.8 Å². The van der Waals surface area contributed by atoms with E-state index in [0.717, 1.165) is 62.3 Å². The van der Waals surface area contributed by atoms with Crippen LogP contribution in [0.3, 0.4) is 0 Å². The summed E-state index contributed by atoms with van der Waals surface area (Å²) in [6.07, 6.45) is 1.69. The smallest absolute Gasteiger partial charge is 0.316 e. The van der Waals surface area contributed by atoms with Crippen LogP contribution >= 0.6 is 0 Å². The van der Waals surface area contributed by atoms with Crippen molar-refractivity contribution in [1.29, 1.82) is 0 Å². The van der Waals surface area contributed by atoms with Crippen molar-refractivity contribution in [2.24, 2.45) is 0 Å². The maximum Gasteiger partial charge on any atom is 0.316 e. The molecular weight excluding hydrogens is 439 g/mol. The summed E-state index contributed by atoms with van der Waals surface area (Å²) < 4.78 is 18.7. The van der Waals surface area contributed by atoms with Gasteiger partial charge >= 0.3 is 5.97 Å². The van der Waals surface area contributed by atoms with Crippen molar-refractivity contribution in [3.8, 4) is 11.1 Å². The Labute approximate surface area is 208 Å². The minimum Gasteiger partial charge on any atom is -0.465 e. The van der Waals surface area contributed by atoms with Crippen LogP contribution in [0, 0.1) is 5.82 Å². The highest BCUT2D eigenvalue weighted by atomic mass is 19.1. The molecule has 1 unspecified atom stereocenters. The predicted octanol–water partition coefficient (Wildman–Crippen LogP) is 5.92. The second-order valence-electron chi connectivity index (χ2n) is 9.41. The Bertz CT molecular complexity index is 1090. The van der Waals surface area contributed by atoms with Gasteiger partial charge in [-0.3, -0.25) is 9.69 Å². The van der Waals surface area contributed by atoms with Gasteiger partial charge in [0.05, 0.1) is 12.0 Å². The maximum atomic E-state index is 13.3. The molecule has 0 bridgehead atoms. The van der Waals surface area contributed by atoms with Crippen LogP contribution in [-0.2, 0) is 14.9 Å². The first kappa shape index (κ1) is 24.9. The van der Waals surface area contributed by atoms with Crippen LogP contribution in [0.1, 0.15) is 32.3 Å². The number of hydrogen-bond acceptors (Lipinski definition) is 4. The molecule has 0 N–H and O–H groups in total. The van der Waals surface area contributed by atoms with Crippen molar-refractivity contribution in [2.45, 2.75) is 32.1 Å². The van der Waals surface area contributed by atoms with Crippen LogP contribution in [-0.4, -0.2) is 50.2 Å². The zero-order valence-electron chi connectivity index (χ0n) is 20.8. The summed E-state index contributed by atoms with van der Waals surface area (Å²) in [7, 11) is 0. The second kappa shape index (κ2) is 11.5. The maximum absolute atomic E-state index is 13.3. The average molecular weight is 475 g/mol. The highest BCUT2D eigenvalue weighted by Crippen LogP contribution is 2.31. The van der Waals surface area contributed by atoms with E-state index in [2.05, 4.69) is 34.1 Å². The Morgan fingerprint density at radius 1 is 0.914 bits per heavy atom. The fraction of sp³-hybridized carbons (Fsp3) is 0.367. The number of carbonyl (C=O) groups excluding carboxylic acids is 1. The molecule has 1 atom stereocenters. The minimum absolute atomic E-state index is 0.142. The number of benzene rings is 3. The van der Waals surface area contributed by atoms with E-state index in [1.165, 1.54) is 17.8 Å². The number of carbonyl (C=O) groups is 1. The molecule has 3 aromatic rings. The summed E-state index contributed by atoms with van der Waals surface area (Å²) in [5, 5.41) is 0. The van der Waals surface area contributed by atoms with Gasteiger partial charge in [0.1, 0.15) is 5.82 Å². The predicted molar refractivity (Wildman–Crippen MR) is 140 cm³/mol. The van der Waals surface area contributed by atoms with E-state index in [1.807, 2.05) is 56.3 Å². The second-order valence-corrected chi connectivity index (χ2v) is 9.41. The lowest BCUT2D eigenvalue weighted by Gasteiger charge is -2.37. The van der Waals surface area contributed by atoms with Gasteiger partial charge in [-0.1, -0.05) is 54.6 Å². The van der Waals surface area contributed by atoms with Crippen LogP contribution in [0.4, 0.5) is 10.1 Å². The van der Waals surface area contributed by atoms with E-state index in [9.17, 15) is 9.18 Å². The molecule has 4 nitrogen and oxygen atoms in total. The van der Waals surface area contributed by atoms with Crippen LogP contribution < -0.4 is 4.90 Å². The van der Waals surface area contributed by atoms with Gasteiger partial charge in [0.15, 0.2) is 0 Å². The van der Waals surface area contributed by atoms with E-state index in [4.69, 9.17) is 4.74 Å². The largest absolute Gasteiger partial charge is 0.465 e. The monoisotopic (exact) mass is 474 g/mol. The molecule has 4 rings (SSSR count). The van der Waals surface area contributed by atoms with Gasteiger partial charge < -0.3 is 9.64 Å². The van der Waals surface area contributed by atoms with Crippen LogP contribution in [0.15, 0.2) is 78.9 Å². The Hall–Kier alpha value is -3.18. The lowest BCUT2D eigenvalue weighted by molar-refractivity contribution is -0.149. The third kappa shape index (κ3) is 6.09. The molecule has 1 aliphatic heterocycles. The fourth-order valence-electron chi connectivity index (χ4n) is 4.87. The first-order chi connectivity index (χ1) is 17.0. The molecule has 0 amide bonds. The number of halogens is 1. The Balaban J connectivity index is 1.32. The molecule has 0 aliphatic carbocycles. The van der Waals surface area contributed by atoms with E-state index < -0.39 is 5.41 Å². The van der Waals surface area contributed by atoms with Crippen molar-refractivity contribution < 1.29 is 13.9 Å². The molecule has 0 saturated carbocycles. The third-order valence-corrected chi connectivity index (χ3v) is 7.05. The van der Waals surface area contributed by atoms with Gasteiger partial charge in [-0.05, 0) is 74.2 Å². The lowest BCUT2D eigenvalue weighted by Crippen LogP contribution is -2.47. The topological polar surface area (TPSA) is 32.8 Å². The Kier molecular flexibility index (Phi) is 8.19. The van der Waals surface area contributed by atoms with E-state index in [1.54, 1.807) is 0 Å². The zero-order valence-corrected chi connectivity index (χ0v) is 20.8. The van der Waals surface area contributed by atoms with Crippen molar-refractivity contribution in [2.75, 3.05) is 44.2 Å². The zero-order chi connectivity index (χ0) is 24.7. The van der Waals surface area contributed by atoms with Gasteiger partial charge in [0, 0.05) is 31.9 Å². The minimum atomic E-state index is -0.625. The number of esters is 1. The lowest BCUT2D eigenvalue weighted by atomic mass is 9.78. The summed E-state index contributed by atoms with van der Waals surface area (Å²) in [5.74, 6) is -0.357. The number of rotatable bonds is 9. The molecular formula is C30H35FN2O2. The van der Waals surface area contributed by atoms with Crippen molar-refractivity contribution in [1.82, 2.24) is 4.90 Å². The van der Waals surface area contributed by atoms with Gasteiger partial charge in [0.25, 0.3) is 0 Å². The molecule has 1 saturated heterocycles. The SMILES string of the molecule is CCOC(=O)C(C)(CCCN1CCN(c2cccc(-c3ccc(F)cc3)c2)CC1)c1ccccc1. The first-order valence-electron chi connectivity index (χ1n) is 12.6. The third-order valence-electron chi connectivity index (χ3n) is 7.05. The molecule has 1 aliphatic rings. The van der Waals surface area contributed by atoms with E-state index >= 15 is 0 Å². The summed E-state index contributed by atoms with van der Waals surface area (Å²) >= 11 is 0. The van der Waals surface area contributed by atoms with Gasteiger partial charge in [0.2, 0.25) is 0 Å². The van der Waals surface area contributed by atoms with Gasteiger partial charge in [-0.15, -0.1) is 0 Å². The number of piperazine rings is 1. The molecule has 0 radical (unpaired) electrons. The fourth-order valence-corrected chi connectivity index (χ4v) is 4.87. The molecule has 1 fully saturated rings. The van der Waals surface area contributed by atoms with Crippen molar-refractivity contribution in [3.05, 3.63) is 90.2 Å². The molecule has 1 heterocycles. The standard InChI is InChI=1S/C30H35FN2O2/c1-3-35-29(34)30(2,26-10-5-4-6-11-26)17-8-18-32-19-21-33(22-20-32)28-12-7-9-25(23-28)24-13-15-27(31)16-14-24/h4-7,9-16,23H,3,8,17-22H2,1-2H3. The number of ether oxygens (including phenoxy) is 1. The molecule has 35 heavy (non-hydrogen) atoms. The van der Waals surface area contributed by atoms with Crippen molar-refractivity contribution >= 4 is 11.7 Å². The van der Waals surface area contributed by atoms with E-state index in [0.29, 0.717) is 6.61 Å². The summed E-state index contributed by atoms with van der Waals surface area (Å²) in [5.41, 5.74) is 3.72. The van der Waals surface area contributed by atoms with Gasteiger partial charge in [-0.2, -0.15) is 0 Å². The summed E-state index contributed by atoms with van der Waals surface area (Å²) in [4.78, 5) is 17.7. The molecule has 184 valence electrons. The van der Waals surface area contributed by atoms with Crippen molar-refractivity contribution in [3.63, 3.8) is 0 Å². The quantitative estimate of drug-likeness (QED) is 0.361. The van der Waals surface area contributed by atoms with Crippen LogP contribution in [0.5, 0.6) is 0 Å². The van der Waals surface area contributed by atoms with Crippen LogP contribution in [0.25, 0.3) is 11.1 Å².